The number of amides is 1. The maximum Gasteiger partial charge on any atom is 0.433 e. The van der Waals surface area contributed by atoms with Crippen LogP contribution in [0.25, 0.3) is 17.1 Å². The first-order valence-electron chi connectivity index (χ1n) is 10.6. The molecule has 36 heavy (non-hydrogen) atoms. The summed E-state index contributed by atoms with van der Waals surface area (Å²) in [5, 5.41) is 17.9. The molecule has 0 aromatic carbocycles. The van der Waals surface area contributed by atoms with Crippen LogP contribution in [0.4, 0.5) is 29.2 Å². The minimum atomic E-state index is -4.71. The highest BCUT2D eigenvalue weighted by Gasteiger charge is 2.38. The maximum atomic E-state index is 13.4. The number of fused-ring (bicyclic) bond motifs is 3. The molecule has 0 saturated carbocycles. The number of anilines is 2. The molecule has 0 fully saturated rings. The Morgan fingerprint density at radius 3 is 2.58 bits per heavy atom. The van der Waals surface area contributed by atoms with Crippen LogP contribution in [0.3, 0.4) is 0 Å². The summed E-state index contributed by atoms with van der Waals surface area (Å²) in [6.45, 7) is 1.38. The molecule has 0 radical (unpaired) electrons. The summed E-state index contributed by atoms with van der Waals surface area (Å²) in [5.41, 5.74) is 0.558. The third-order valence-electron chi connectivity index (χ3n) is 5.47. The molecule has 1 amide bonds. The van der Waals surface area contributed by atoms with E-state index < -0.39 is 36.4 Å². The van der Waals surface area contributed by atoms with Crippen molar-refractivity contribution in [3.05, 3.63) is 77.6 Å². The predicted octanol–water partition coefficient (Wildman–Crippen LogP) is 3.64. The molecule has 184 valence electrons. The number of pyridine rings is 3. The number of hydrogen-bond acceptors (Lipinski definition) is 7. The number of aliphatic hydroxyl groups is 1. The molecular weight excluding hydrogens is 482 g/mol. The molecule has 1 unspecified atom stereocenters. The van der Waals surface area contributed by atoms with E-state index in [2.05, 4.69) is 25.4 Å². The molecule has 9 nitrogen and oxygen atoms in total. The van der Waals surface area contributed by atoms with E-state index in [9.17, 15) is 27.5 Å². The van der Waals surface area contributed by atoms with Crippen molar-refractivity contribution in [2.24, 2.45) is 0 Å². The second-order valence-electron chi connectivity index (χ2n) is 8.01. The lowest BCUT2D eigenvalue weighted by Gasteiger charge is -2.34. The number of halogens is 4. The van der Waals surface area contributed by atoms with E-state index in [1.54, 1.807) is 25.3 Å². The first-order valence-corrected chi connectivity index (χ1v) is 10.6. The van der Waals surface area contributed by atoms with Gasteiger partial charge in [0.2, 0.25) is 5.91 Å². The van der Waals surface area contributed by atoms with Gasteiger partial charge in [-0.25, -0.2) is 14.4 Å². The Labute approximate surface area is 201 Å². The van der Waals surface area contributed by atoms with Crippen molar-refractivity contribution in [1.82, 2.24) is 24.7 Å². The van der Waals surface area contributed by atoms with Crippen LogP contribution in [0.5, 0.6) is 0 Å². The summed E-state index contributed by atoms with van der Waals surface area (Å²) in [4.78, 5) is 25.7. The van der Waals surface area contributed by atoms with E-state index in [0.29, 0.717) is 11.3 Å². The average molecular weight is 499 g/mol. The Morgan fingerprint density at radius 2 is 1.92 bits per heavy atom. The highest BCUT2D eigenvalue weighted by molar-refractivity contribution is 5.93. The standard InChI is InChI=1S/C23H17F4N7O2/c1-12-2-3-13(9-28-12)16-8-20-33(11-19(35)31-18-7-4-14(24)10-29-18)22(36)15-5-6-17(23(25,26)27)30-21(15)34(20)32-16/h2-10,22,36H,11H2,1H3,(H,29,31,35). The van der Waals surface area contributed by atoms with Gasteiger partial charge in [0, 0.05) is 29.1 Å². The Kier molecular flexibility index (Phi) is 5.63. The van der Waals surface area contributed by atoms with Crippen molar-refractivity contribution in [3.8, 4) is 17.1 Å². The molecule has 1 atom stereocenters. The smallest absolute Gasteiger partial charge is 0.369 e. The van der Waals surface area contributed by atoms with Crippen LogP contribution >= 0.6 is 0 Å². The van der Waals surface area contributed by atoms with Crippen LogP contribution in [0.15, 0.2) is 54.9 Å². The molecule has 13 heteroatoms. The van der Waals surface area contributed by atoms with Crippen LogP contribution in [0.2, 0.25) is 0 Å². The van der Waals surface area contributed by atoms with Crippen molar-refractivity contribution >= 4 is 17.5 Å². The molecular formula is C23H17F4N7O2. The zero-order valence-electron chi connectivity index (χ0n) is 18.5. The van der Waals surface area contributed by atoms with E-state index in [4.69, 9.17) is 0 Å². The van der Waals surface area contributed by atoms with Gasteiger partial charge in [0.05, 0.1) is 11.9 Å². The second kappa shape index (κ2) is 8.68. The van der Waals surface area contributed by atoms with Gasteiger partial charge in [0.25, 0.3) is 0 Å². The van der Waals surface area contributed by atoms with Crippen LogP contribution in [-0.2, 0) is 11.0 Å². The highest BCUT2D eigenvalue weighted by Crippen LogP contribution is 2.39. The van der Waals surface area contributed by atoms with Gasteiger partial charge in [-0.2, -0.15) is 23.0 Å². The fourth-order valence-electron chi connectivity index (χ4n) is 3.73. The zero-order chi connectivity index (χ0) is 25.6. The van der Waals surface area contributed by atoms with Gasteiger partial charge in [-0.3, -0.25) is 9.78 Å². The van der Waals surface area contributed by atoms with E-state index in [0.717, 1.165) is 34.8 Å². The minimum Gasteiger partial charge on any atom is -0.369 e. The summed E-state index contributed by atoms with van der Waals surface area (Å²) in [6, 6.07) is 9.24. The van der Waals surface area contributed by atoms with Gasteiger partial charge in [-0.1, -0.05) is 0 Å². The number of aliphatic hydroxyl groups excluding tert-OH is 1. The van der Waals surface area contributed by atoms with Crippen LogP contribution < -0.4 is 10.2 Å². The van der Waals surface area contributed by atoms with Gasteiger partial charge in [-0.05, 0) is 43.3 Å². The summed E-state index contributed by atoms with van der Waals surface area (Å²) < 4.78 is 54.4. The SMILES string of the molecule is Cc1ccc(-c2cc3n(n2)-c2nc(C(F)(F)F)ccc2C(O)N3CC(=O)Nc2ccc(F)cn2)cn1. The van der Waals surface area contributed by atoms with Gasteiger partial charge >= 0.3 is 6.18 Å². The molecule has 2 N–H and O–H groups in total. The molecule has 0 spiro atoms. The van der Waals surface area contributed by atoms with E-state index in [-0.39, 0.29) is 23.0 Å². The van der Waals surface area contributed by atoms with Crippen molar-refractivity contribution in [3.63, 3.8) is 0 Å². The Bertz CT molecular complexity index is 1440. The zero-order valence-corrected chi connectivity index (χ0v) is 18.5. The Morgan fingerprint density at radius 1 is 1.11 bits per heavy atom. The normalized spacial score (nSPS) is 14.8. The number of carbonyl (C=O) groups excluding carboxylic acids is 1. The summed E-state index contributed by atoms with van der Waals surface area (Å²) in [7, 11) is 0. The van der Waals surface area contributed by atoms with Gasteiger partial charge in [0.1, 0.15) is 29.7 Å². The summed E-state index contributed by atoms with van der Waals surface area (Å²) in [5.74, 6) is -1.17. The molecule has 0 aliphatic carbocycles. The Balaban J connectivity index is 1.55. The third-order valence-corrected chi connectivity index (χ3v) is 5.47. The first-order chi connectivity index (χ1) is 17.1. The second-order valence-corrected chi connectivity index (χ2v) is 8.01. The van der Waals surface area contributed by atoms with Crippen molar-refractivity contribution in [2.45, 2.75) is 19.3 Å². The lowest BCUT2D eigenvalue weighted by Crippen LogP contribution is -2.40. The molecule has 4 aromatic rings. The largest absolute Gasteiger partial charge is 0.433 e. The lowest BCUT2D eigenvalue weighted by atomic mass is 10.1. The first kappa shape index (κ1) is 23.4. The maximum absolute atomic E-state index is 13.4. The molecule has 1 aliphatic heterocycles. The quantitative estimate of drug-likeness (QED) is 0.413. The number of hydrogen-bond donors (Lipinski definition) is 2. The summed E-state index contributed by atoms with van der Waals surface area (Å²) in [6.07, 6.45) is -3.73. The number of aromatic nitrogens is 5. The molecule has 5 heterocycles. The topological polar surface area (TPSA) is 109 Å². The van der Waals surface area contributed by atoms with Crippen molar-refractivity contribution in [1.29, 1.82) is 0 Å². The molecule has 1 aliphatic rings. The van der Waals surface area contributed by atoms with Crippen molar-refractivity contribution < 1.29 is 27.5 Å². The number of rotatable bonds is 4. The van der Waals surface area contributed by atoms with E-state index >= 15 is 0 Å². The molecule has 0 bridgehead atoms. The summed E-state index contributed by atoms with van der Waals surface area (Å²) >= 11 is 0. The lowest BCUT2D eigenvalue weighted by molar-refractivity contribution is -0.141. The number of alkyl halides is 3. The Hall–Kier alpha value is -4.39. The van der Waals surface area contributed by atoms with Crippen molar-refractivity contribution in [2.75, 3.05) is 16.8 Å². The fraction of sp³-hybridized carbons (Fsp3) is 0.174. The number of carbonyl (C=O) groups is 1. The number of nitrogens with one attached hydrogen (secondary N) is 1. The molecule has 4 aromatic heterocycles. The van der Waals surface area contributed by atoms with Gasteiger partial charge in [0.15, 0.2) is 12.0 Å². The fourth-order valence-corrected chi connectivity index (χ4v) is 3.73. The number of aryl methyl sites for hydroxylation is 1. The minimum absolute atomic E-state index is 0.0277. The number of nitrogens with zero attached hydrogens (tertiary/aromatic N) is 6. The van der Waals surface area contributed by atoms with Crippen LogP contribution in [0.1, 0.15) is 23.2 Å². The van der Waals surface area contributed by atoms with E-state index in [1.165, 1.54) is 17.0 Å². The van der Waals surface area contributed by atoms with Gasteiger partial charge < -0.3 is 15.3 Å². The monoisotopic (exact) mass is 499 g/mol. The predicted molar refractivity (Wildman–Crippen MR) is 119 cm³/mol. The van der Waals surface area contributed by atoms with Crippen LogP contribution in [-0.4, -0.2) is 42.3 Å². The average Bonchev–Trinajstić information content (AvgIpc) is 3.28. The molecule has 5 rings (SSSR count). The molecule has 0 saturated heterocycles. The van der Waals surface area contributed by atoms with E-state index in [1.807, 2.05) is 0 Å². The third kappa shape index (κ3) is 4.35. The highest BCUT2D eigenvalue weighted by atomic mass is 19.4. The van der Waals surface area contributed by atoms with Crippen LogP contribution in [0, 0.1) is 12.7 Å². The van der Waals surface area contributed by atoms with Gasteiger partial charge in [-0.15, -0.1) is 0 Å².